The lowest BCUT2D eigenvalue weighted by atomic mass is 9.93. The van der Waals surface area contributed by atoms with E-state index in [0.29, 0.717) is 24.7 Å². The Morgan fingerprint density at radius 2 is 1.96 bits per heavy atom. The maximum Gasteiger partial charge on any atom is 0.226 e. The first-order chi connectivity index (χ1) is 11.1. The predicted octanol–water partition coefficient (Wildman–Crippen LogP) is 2.59. The molecule has 1 aromatic heterocycles. The topological polar surface area (TPSA) is 73.1 Å². The zero-order valence-corrected chi connectivity index (χ0v) is 13.7. The van der Waals surface area contributed by atoms with Crippen molar-refractivity contribution in [3.63, 3.8) is 0 Å². The Kier molecular flexibility index (Phi) is 3.71. The highest BCUT2D eigenvalue weighted by Crippen LogP contribution is 2.45. The van der Waals surface area contributed by atoms with Gasteiger partial charge in [-0.1, -0.05) is 35.5 Å². The zero-order chi connectivity index (χ0) is 15.9. The quantitative estimate of drug-likeness (QED) is 0.841. The van der Waals surface area contributed by atoms with Gasteiger partial charge in [0.15, 0.2) is 15.7 Å². The smallest absolute Gasteiger partial charge is 0.226 e. The third kappa shape index (κ3) is 3.32. The second kappa shape index (κ2) is 5.74. The number of nitrogens with zero attached hydrogens (tertiary/aromatic N) is 2. The van der Waals surface area contributed by atoms with Gasteiger partial charge in [-0.05, 0) is 36.7 Å². The normalized spacial score (nSPS) is 24.6. The fraction of sp³-hybridized carbons (Fsp3) is 0.529. The summed E-state index contributed by atoms with van der Waals surface area (Å²) in [7, 11) is -2.86. The molecule has 0 amide bonds. The summed E-state index contributed by atoms with van der Waals surface area (Å²) in [5, 5.41) is 4.20. The Morgan fingerprint density at radius 3 is 2.61 bits per heavy atom. The van der Waals surface area contributed by atoms with Gasteiger partial charge in [0.2, 0.25) is 5.89 Å². The van der Waals surface area contributed by atoms with Crippen LogP contribution in [0.3, 0.4) is 0 Å². The molecule has 6 heteroatoms. The predicted molar refractivity (Wildman–Crippen MR) is 85.8 cm³/mol. The van der Waals surface area contributed by atoms with Gasteiger partial charge in [-0.2, -0.15) is 4.98 Å². The Bertz CT molecular complexity index is 781. The zero-order valence-electron chi connectivity index (χ0n) is 12.9. The molecule has 23 heavy (non-hydrogen) atoms. The number of aromatic nitrogens is 2. The molecule has 1 aliphatic carbocycles. The van der Waals surface area contributed by atoms with Crippen LogP contribution in [0.15, 0.2) is 34.9 Å². The van der Waals surface area contributed by atoms with Gasteiger partial charge in [0.1, 0.15) is 0 Å². The van der Waals surface area contributed by atoms with E-state index in [1.54, 1.807) is 0 Å². The molecule has 1 saturated heterocycles. The minimum Gasteiger partial charge on any atom is -0.339 e. The lowest BCUT2D eigenvalue weighted by molar-refractivity contribution is 0.353. The molecule has 0 radical (unpaired) electrons. The van der Waals surface area contributed by atoms with Gasteiger partial charge in [0.25, 0.3) is 0 Å². The lowest BCUT2D eigenvalue weighted by Crippen LogP contribution is -2.08. The van der Waals surface area contributed by atoms with Crippen molar-refractivity contribution < 1.29 is 12.9 Å². The van der Waals surface area contributed by atoms with Crippen LogP contribution < -0.4 is 0 Å². The highest BCUT2D eigenvalue weighted by molar-refractivity contribution is 7.91. The molecule has 0 N–H and O–H groups in total. The minimum atomic E-state index is -2.86. The molecule has 2 atom stereocenters. The van der Waals surface area contributed by atoms with Gasteiger partial charge in [0.05, 0.1) is 17.4 Å². The summed E-state index contributed by atoms with van der Waals surface area (Å²) in [6, 6.07) is 10.3. The molecule has 0 unspecified atom stereocenters. The van der Waals surface area contributed by atoms with Crippen molar-refractivity contribution in [3.8, 4) is 0 Å². The molecule has 1 aromatic carbocycles. The second-order valence-electron chi connectivity index (χ2n) is 6.75. The van der Waals surface area contributed by atoms with Crippen molar-refractivity contribution in [2.75, 3.05) is 11.5 Å². The molecular weight excluding hydrogens is 312 g/mol. The number of sulfone groups is 1. The van der Waals surface area contributed by atoms with Gasteiger partial charge >= 0.3 is 0 Å². The van der Waals surface area contributed by atoms with E-state index in [4.69, 9.17) is 4.52 Å². The monoisotopic (exact) mass is 332 g/mol. The number of rotatable bonds is 5. The van der Waals surface area contributed by atoms with E-state index in [1.165, 1.54) is 18.4 Å². The van der Waals surface area contributed by atoms with Crippen LogP contribution in [0, 0.1) is 11.8 Å². The molecule has 1 saturated carbocycles. The van der Waals surface area contributed by atoms with Gasteiger partial charge in [-0.3, -0.25) is 0 Å². The average molecular weight is 332 g/mol. The molecule has 2 aliphatic rings. The summed E-state index contributed by atoms with van der Waals surface area (Å²) < 4.78 is 28.5. The van der Waals surface area contributed by atoms with Crippen LogP contribution in [0.1, 0.15) is 42.5 Å². The summed E-state index contributed by atoms with van der Waals surface area (Å²) in [6.45, 7) is 0. The lowest BCUT2D eigenvalue weighted by Gasteiger charge is -2.11. The van der Waals surface area contributed by atoms with E-state index in [1.807, 2.05) is 18.2 Å². The number of hydrogen-bond donors (Lipinski definition) is 0. The average Bonchev–Trinajstić information content (AvgIpc) is 3.16. The highest BCUT2D eigenvalue weighted by Gasteiger charge is 2.37. The first kappa shape index (κ1) is 14.9. The maximum atomic E-state index is 11.6. The Balaban J connectivity index is 1.52. The summed E-state index contributed by atoms with van der Waals surface area (Å²) in [5.41, 5.74) is 1.23. The molecule has 2 fully saturated rings. The molecule has 4 rings (SSSR count). The largest absolute Gasteiger partial charge is 0.339 e. The van der Waals surface area contributed by atoms with Crippen molar-refractivity contribution in [3.05, 3.63) is 47.6 Å². The fourth-order valence-corrected chi connectivity index (χ4v) is 5.34. The van der Waals surface area contributed by atoms with Crippen LogP contribution in [0.2, 0.25) is 0 Å². The highest BCUT2D eigenvalue weighted by atomic mass is 32.2. The number of hydrogen-bond acceptors (Lipinski definition) is 5. The Labute approximate surface area is 136 Å². The molecule has 2 aromatic rings. The van der Waals surface area contributed by atoms with Crippen molar-refractivity contribution in [1.29, 1.82) is 0 Å². The van der Waals surface area contributed by atoms with Gasteiger partial charge in [-0.25, -0.2) is 8.42 Å². The van der Waals surface area contributed by atoms with Crippen molar-refractivity contribution in [2.24, 2.45) is 11.8 Å². The SMILES string of the molecule is O=S1(=O)CC[C@@H](Cc2nc([C@@H](c3ccccc3)C3CC3)no2)C1. The van der Waals surface area contributed by atoms with Gasteiger partial charge in [-0.15, -0.1) is 0 Å². The molecule has 1 aliphatic heterocycles. The Morgan fingerprint density at radius 1 is 1.17 bits per heavy atom. The van der Waals surface area contributed by atoms with E-state index < -0.39 is 9.84 Å². The first-order valence-electron chi connectivity index (χ1n) is 8.18. The third-order valence-corrected chi connectivity index (χ3v) is 6.64. The Hall–Kier alpha value is -1.69. The van der Waals surface area contributed by atoms with Crippen LogP contribution in [0.4, 0.5) is 0 Å². The van der Waals surface area contributed by atoms with Crippen LogP contribution >= 0.6 is 0 Å². The molecule has 5 nitrogen and oxygen atoms in total. The van der Waals surface area contributed by atoms with Crippen LogP contribution in [-0.4, -0.2) is 30.1 Å². The van der Waals surface area contributed by atoms with E-state index in [2.05, 4.69) is 22.3 Å². The van der Waals surface area contributed by atoms with E-state index in [0.717, 1.165) is 5.82 Å². The van der Waals surface area contributed by atoms with Crippen molar-refractivity contribution in [2.45, 2.75) is 31.6 Å². The van der Waals surface area contributed by atoms with E-state index in [-0.39, 0.29) is 23.3 Å². The van der Waals surface area contributed by atoms with Crippen LogP contribution in [0.5, 0.6) is 0 Å². The minimum absolute atomic E-state index is 0.115. The van der Waals surface area contributed by atoms with Gasteiger partial charge < -0.3 is 4.52 Å². The third-order valence-electron chi connectivity index (χ3n) is 4.80. The molecule has 0 spiro atoms. The molecule has 122 valence electrons. The van der Waals surface area contributed by atoms with Crippen LogP contribution in [-0.2, 0) is 16.3 Å². The molecular formula is C17H20N2O3S. The second-order valence-corrected chi connectivity index (χ2v) is 8.97. The number of benzene rings is 1. The standard InChI is InChI=1S/C17H20N2O3S/c20-23(21)9-8-12(11-23)10-15-18-17(19-22-15)16(14-6-7-14)13-4-2-1-3-5-13/h1-5,12,14,16H,6-11H2/t12-,16-/m0/s1. The summed E-state index contributed by atoms with van der Waals surface area (Å²) in [5.74, 6) is 2.75. The fourth-order valence-electron chi connectivity index (χ4n) is 3.48. The van der Waals surface area contributed by atoms with Crippen molar-refractivity contribution >= 4 is 9.84 Å². The van der Waals surface area contributed by atoms with Crippen molar-refractivity contribution in [1.82, 2.24) is 10.1 Å². The summed E-state index contributed by atoms with van der Waals surface area (Å²) in [6.07, 6.45) is 3.66. The van der Waals surface area contributed by atoms with Crippen LogP contribution in [0.25, 0.3) is 0 Å². The maximum absolute atomic E-state index is 11.6. The first-order valence-corrected chi connectivity index (χ1v) is 10.0. The summed E-state index contributed by atoms with van der Waals surface area (Å²) in [4.78, 5) is 4.59. The summed E-state index contributed by atoms with van der Waals surface area (Å²) >= 11 is 0. The molecule has 2 heterocycles. The van der Waals surface area contributed by atoms with E-state index >= 15 is 0 Å². The van der Waals surface area contributed by atoms with Gasteiger partial charge in [0, 0.05) is 6.42 Å². The van der Waals surface area contributed by atoms with E-state index in [9.17, 15) is 8.42 Å². The molecule has 0 bridgehead atoms.